The number of anilines is 9. The Hall–Kier alpha value is -7.58. The summed E-state index contributed by atoms with van der Waals surface area (Å²) in [6.45, 7) is 4.36. The number of nitrogens with one attached hydrogen (secondary N) is 6. The van der Waals surface area contributed by atoms with Crippen LogP contribution in [0.5, 0.6) is 5.75 Å². The Morgan fingerprint density at radius 1 is 0.500 bits per heavy atom. The van der Waals surface area contributed by atoms with E-state index in [1.165, 1.54) is 24.3 Å². The third kappa shape index (κ3) is 16.2. The number of hydrogen-bond acceptors (Lipinski definition) is 26. The van der Waals surface area contributed by atoms with Crippen LogP contribution in [0.3, 0.4) is 0 Å². The molecule has 0 fully saturated rings. The van der Waals surface area contributed by atoms with Gasteiger partial charge in [0.1, 0.15) is 21.2 Å². The molecule has 0 spiro atoms. The second kappa shape index (κ2) is 26.9. The van der Waals surface area contributed by atoms with Crippen LogP contribution in [0.4, 0.5) is 75.5 Å². The molecule has 11 N–H and O–H groups in total. The fourth-order valence-electron chi connectivity index (χ4n) is 6.65. The molecule has 0 saturated heterocycles. The lowest BCUT2D eigenvalue weighted by molar-refractivity contribution is 0.197. The van der Waals surface area contributed by atoms with E-state index in [0.29, 0.717) is 113 Å². The van der Waals surface area contributed by atoms with Crippen LogP contribution in [0.1, 0.15) is 25.7 Å². The van der Waals surface area contributed by atoms with Crippen molar-refractivity contribution in [1.29, 1.82) is 0 Å². The van der Waals surface area contributed by atoms with E-state index < -0.39 is 52.8 Å². The van der Waals surface area contributed by atoms with Crippen molar-refractivity contribution in [3.63, 3.8) is 0 Å². The topological polar surface area (TPSA) is 391 Å². The molecule has 74 heavy (non-hydrogen) atoms. The number of nitrogens with two attached hydrogens (primary N) is 1. The maximum Gasteiger partial charge on any atom is 0.296 e. The minimum atomic E-state index is -5.17. The maximum atomic E-state index is 12.7. The van der Waals surface area contributed by atoms with Crippen molar-refractivity contribution in [2.75, 3.05) is 119 Å². The number of azo groups is 2. The highest BCUT2D eigenvalue weighted by atomic mass is 32.2. The average Bonchev–Trinajstić information content (AvgIpc) is 3.36. The number of nitrogens with zero attached hydrogens (tertiary/aromatic N) is 10. The number of fused-ring (bicyclic) bond motifs is 1. The predicted molar refractivity (Wildman–Crippen MR) is 277 cm³/mol. The number of benzene rings is 4. The van der Waals surface area contributed by atoms with E-state index in [0.717, 1.165) is 12.1 Å². The van der Waals surface area contributed by atoms with E-state index in [2.05, 4.69) is 82.3 Å². The molecule has 0 aliphatic heterocycles. The lowest BCUT2D eigenvalue weighted by Gasteiger charge is -2.14. The van der Waals surface area contributed by atoms with E-state index in [9.17, 15) is 31.0 Å². The van der Waals surface area contributed by atoms with Gasteiger partial charge in [0.05, 0.1) is 22.4 Å². The summed E-state index contributed by atoms with van der Waals surface area (Å²) >= 11 is 0. The molecule has 4 aromatic carbocycles. The fourth-order valence-corrected chi connectivity index (χ4v) is 7.98. The Kier molecular flexibility index (Phi) is 20.3. The van der Waals surface area contributed by atoms with Crippen LogP contribution < -0.4 is 37.6 Å². The first-order valence-electron chi connectivity index (χ1n) is 22.7. The minimum absolute atomic E-state index is 0.164. The number of methoxy groups -OCH3 is 4. The van der Waals surface area contributed by atoms with Gasteiger partial charge in [-0.25, -0.2) is 0 Å². The van der Waals surface area contributed by atoms with Gasteiger partial charge < -0.3 is 61.7 Å². The Balaban J connectivity index is 1.25. The number of phenols is 1. The van der Waals surface area contributed by atoms with Crippen LogP contribution in [0.15, 0.2) is 90.9 Å². The monoisotopic (exact) mass is 1060 g/mol. The van der Waals surface area contributed by atoms with Gasteiger partial charge >= 0.3 is 0 Å². The zero-order valence-corrected chi connectivity index (χ0v) is 42.4. The summed E-state index contributed by atoms with van der Waals surface area (Å²) in [6.07, 6.45) is 2.85. The molecule has 0 saturated carbocycles. The Labute approximate surface area is 426 Å². The summed E-state index contributed by atoms with van der Waals surface area (Å²) in [6, 6.07) is 14.1. The molecule has 0 aliphatic carbocycles. The first-order valence-corrected chi connectivity index (χ1v) is 25.6. The van der Waals surface area contributed by atoms with Crippen LogP contribution in [0.25, 0.3) is 10.8 Å². The molecule has 0 amide bonds. The van der Waals surface area contributed by atoms with E-state index >= 15 is 0 Å². The zero-order valence-electron chi connectivity index (χ0n) is 40.7. The highest BCUT2D eigenvalue weighted by molar-refractivity contribution is 7.86. The van der Waals surface area contributed by atoms with Crippen LogP contribution in [-0.4, -0.2) is 142 Å². The van der Waals surface area contributed by atoms with E-state index in [-0.39, 0.29) is 34.0 Å². The summed E-state index contributed by atoms with van der Waals surface area (Å²) in [5.74, 6) is 0.788. The molecule has 2 aromatic heterocycles. The number of hydrogen-bond donors (Lipinski definition) is 10. The molecule has 0 bridgehead atoms. The van der Waals surface area contributed by atoms with Crippen molar-refractivity contribution in [2.45, 2.75) is 35.5 Å². The number of aromatic hydroxyl groups is 1. The molecule has 0 unspecified atom stereocenters. The fraction of sp³-hybridized carbons (Fsp3) is 0.364. The van der Waals surface area contributed by atoms with Crippen molar-refractivity contribution in [1.82, 2.24) is 29.9 Å². The normalized spacial score (nSPS) is 11.9. The summed E-state index contributed by atoms with van der Waals surface area (Å²) in [5, 5.41) is 45.9. The van der Waals surface area contributed by atoms with Crippen LogP contribution in [-0.2, 0) is 39.2 Å². The molecule has 6 rings (SSSR count). The largest absolute Gasteiger partial charge is 0.505 e. The van der Waals surface area contributed by atoms with Crippen LogP contribution >= 0.6 is 0 Å². The summed E-state index contributed by atoms with van der Waals surface area (Å²) < 4.78 is 91.9. The van der Waals surface area contributed by atoms with E-state index in [4.69, 9.17) is 24.7 Å². The van der Waals surface area contributed by atoms with Gasteiger partial charge in [0.25, 0.3) is 20.2 Å². The van der Waals surface area contributed by atoms with Gasteiger partial charge in [0.2, 0.25) is 35.7 Å². The third-order valence-electron chi connectivity index (χ3n) is 10.2. The zero-order chi connectivity index (χ0) is 53.1. The first kappa shape index (κ1) is 55.7. The van der Waals surface area contributed by atoms with Gasteiger partial charge in [0, 0.05) is 92.4 Å². The quantitative estimate of drug-likeness (QED) is 0.00930. The average molecular weight is 1060 g/mol. The van der Waals surface area contributed by atoms with E-state index in [1.807, 2.05) is 0 Å². The van der Waals surface area contributed by atoms with Crippen molar-refractivity contribution < 1.29 is 50.0 Å². The number of phenolic OH excluding ortho intramolecular Hbond substituents is 1. The van der Waals surface area contributed by atoms with Crippen molar-refractivity contribution in [3.8, 4) is 5.75 Å². The molecule has 0 aliphatic rings. The molecular formula is C44H57N17O11S2. The molecule has 396 valence electrons. The Bertz CT molecular complexity index is 2860. The molecule has 28 nitrogen and oxygen atoms in total. The smallest absolute Gasteiger partial charge is 0.296 e. The maximum absolute atomic E-state index is 12.7. The number of ether oxygens (including phenoxy) is 4. The SMILES string of the molecule is COCCCNc1nc(NCCCOC)nc(Nc2ccc(/N=N/c3c(S(=O)(=O)O)cc4cc(S(=O)(=O)O)c(/N=N/c5ccc(Nc6nc(NCCCOC)nc(NCCCOC)n6)cc5)c(O)c4c3N)cc2)n1. The molecular weight excluding hydrogens is 1010 g/mol. The number of nitrogen functional groups attached to an aromatic ring is 1. The standard InChI is InChI=1S/C44H57N17O11S2/c1-69-21-5-17-46-39-52-40(47-18-6-22-70-2)55-43(54-39)50-28-9-13-30(14-10-28)58-60-36-32(73(63,64)65)25-27-26-33(74(66,67)68)37(38(62)34(27)35(36)45)61-59-31-15-11-29(12-16-31)51-44-56-41(48-19-7-23-71-3)53-42(57-44)49-20-8-24-72-4/h9-16,25-26,62H,5-8,17-24,45H2,1-4H3,(H,63,64,65)(H,66,67,68)(H3,46,47,50,52,54,55)(H3,48,49,51,53,56,57)/b60-58+,61-59+. The summed E-state index contributed by atoms with van der Waals surface area (Å²) in [7, 11) is -3.85. The molecule has 2 heterocycles. The van der Waals surface area contributed by atoms with Crippen molar-refractivity contribution >= 4 is 107 Å². The minimum Gasteiger partial charge on any atom is -0.505 e. The van der Waals surface area contributed by atoms with Gasteiger partial charge in [-0.1, -0.05) is 0 Å². The number of rotatable bonds is 30. The predicted octanol–water partition coefficient (Wildman–Crippen LogP) is 7.10. The molecule has 0 atom stereocenters. The van der Waals surface area contributed by atoms with Gasteiger partial charge in [-0.15, -0.1) is 10.2 Å². The summed E-state index contributed by atoms with van der Waals surface area (Å²) in [5.41, 5.74) is 5.94. The van der Waals surface area contributed by atoms with Crippen LogP contribution in [0, 0.1) is 0 Å². The van der Waals surface area contributed by atoms with Crippen molar-refractivity contribution in [2.24, 2.45) is 20.5 Å². The van der Waals surface area contributed by atoms with Crippen LogP contribution in [0.2, 0.25) is 0 Å². The molecule has 30 heteroatoms. The second-order valence-corrected chi connectivity index (χ2v) is 18.5. The Morgan fingerprint density at radius 2 is 0.824 bits per heavy atom. The van der Waals surface area contributed by atoms with Gasteiger partial charge in [-0.05, 0) is 91.7 Å². The van der Waals surface area contributed by atoms with Gasteiger partial charge in [0.15, 0.2) is 5.75 Å². The first-order chi connectivity index (χ1) is 35.6. The lowest BCUT2D eigenvalue weighted by atomic mass is 10.1. The highest BCUT2D eigenvalue weighted by Gasteiger charge is 2.28. The second-order valence-electron chi connectivity index (χ2n) is 15.7. The van der Waals surface area contributed by atoms with Gasteiger partial charge in [-0.3, -0.25) is 9.11 Å². The Morgan fingerprint density at radius 3 is 1.16 bits per heavy atom. The molecule has 6 aromatic rings. The lowest BCUT2D eigenvalue weighted by Crippen LogP contribution is -2.13. The highest BCUT2D eigenvalue weighted by Crippen LogP contribution is 2.48. The van der Waals surface area contributed by atoms with Crippen molar-refractivity contribution in [3.05, 3.63) is 60.7 Å². The van der Waals surface area contributed by atoms with Gasteiger partial charge in [-0.2, -0.15) is 57.0 Å². The van der Waals surface area contributed by atoms with E-state index in [1.54, 1.807) is 52.7 Å². The third-order valence-corrected chi connectivity index (χ3v) is 11.9. The summed E-state index contributed by atoms with van der Waals surface area (Å²) in [4.78, 5) is 24.8. The number of aromatic nitrogens is 6. The molecule has 0 radical (unpaired) electrons.